The Labute approximate surface area is 112 Å². The second-order valence-electron chi connectivity index (χ2n) is 4.84. The van der Waals surface area contributed by atoms with Gasteiger partial charge in [0.15, 0.2) is 5.89 Å². The molecule has 0 atom stereocenters. The number of rotatable bonds is 2. The predicted molar refractivity (Wildman–Crippen MR) is 72.2 cm³/mol. The van der Waals surface area contributed by atoms with Crippen LogP contribution in [0.25, 0.3) is 0 Å². The number of amides is 1. The van der Waals surface area contributed by atoms with E-state index in [1.807, 2.05) is 30.0 Å². The molecule has 0 N–H and O–H groups in total. The number of carbonyl (C=O) groups excluding carboxylic acids is 1. The Morgan fingerprint density at radius 3 is 2.89 bits per heavy atom. The third-order valence-electron chi connectivity index (χ3n) is 3.50. The Bertz CT molecular complexity index is 631. The summed E-state index contributed by atoms with van der Waals surface area (Å²) in [5, 5.41) is 0. The second-order valence-corrected chi connectivity index (χ2v) is 4.84. The van der Waals surface area contributed by atoms with Crippen LogP contribution in [-0.4, -0.2) is 17.4 Å². The van der Waals surface area contributed by atoms with Crippen LogP contribution in [-0.2, 0) is 17.6 Å². The summed E-state index contributed by atoms with van der Waals surface area (Å²) in [7, 11) is 0. The summed E-state index contributed by atoms with van der Waals surface area (Å²) in [6, 6.07) is 8.05. The molecule has 2 heterocycles. The van der Waals surface area contributed by atoms with Gasteiger partial charge in [0.05, 0.1) is 12.1 Å². The molecule has 1 aliphatic rings. The van der Waals surface area contributed by atoms with Crippen molar-refractivity contribution in [2.24, 2.45) is 0 Å². The maximum Gasteiger partial charge on any atom is 0.234 e. The minimum Gasteiger partial charge on any atom is -0.445 e. The molecule has 4 nitrogen and oxygen atoms in total. The van der Waals surface area contributed by atoms with Crippen LogP contribution in [0.2, 0.25) is 0 Å². The Morgan fingerprint density at radius 1 is 1.37 bits per heavy atom. The van der Waals surface area contributed by atoms with E-state index < -0.39 is 0 Å². The number of carbonyl (C=O) groups is 1. The lowest BCUT2D eigenvalue weighted by atomic mass is 10.2. The molecule has 1 aliphatic heterocycles. The molecule has 19 heavy (non-hydrogen) atoms. The minimum atomic E-state index is 0.0733. The van der Waals surface area contributed by atoms with Gasteiger partial charge in [0, 0.05) is 19.2 Å². The minimum absolute atomic E-state index is 0.0733. The highest BCUT2D eigenvalue weighted by atomic mass is 16.4. The van der Waals surface area contributed by atoms with Crippen LogP contribution in [0.5, 0.6) is 0 Å². The van der Waals surface area contributed by atoms with Gasteiger partial charge >= 0.3 is 0 Å². The van der Waals surface area contributed by atoms with Crippen molar-refractivity contribution in [1.82, 2.24) is 4.98 Å². The van der Waals surface area contributed by atoms with E-state index in [4.69, 9.17) is 4.42 Å². The molecule has 0 saturated heterocycles. The highest BCUT2D eigenvalue weighted by Crippen LogP contribution is 2.28. The zero-order valence-electron chi connectivity index (χ0n) is 11.1. The summed E-state index contributed by atoms with van der Waals surface area (Å²) < 4.78 is 5.47. The fraction of sp³-hybridized carbons (Fsp3) is 0.333. The average molecular weight is 256 g/mol. The fourth-order valence-corrected chi connectivity index (χ4v) is 2.57. The molecule has 1 amide bonds. The molecule has 0 unspecified atom stereocenters. The van der Waals surface area contributed by atoms with Crippen LogP contribution in [0.3, 0.4) is 0 Å². The first-order valence-electron chi connectivity index (χ1n) is 6.46. The molecule has 4 heteroatoms. The van der Waals surface area contributed by atoms with Crippen LogP contribution in [0.15, 0.2) is 28.7 Å². The van der Waals surface area contributed by atoms with Crippen molar-refractivity contribution in [3.05, 3.63) is 47.2 Å². The number of hydrogen-bond donors (Lipinski definition) is 0. The summed E-state index contributed by atoms with van der Waals surface area (Å²) in [5.41, 5.74) is 3.07. The van der Waals surface area contributed by atoms with Gasteiger partial charge in [0.1, 0.15) is 5.76 Å². The Balaban J connectivity index is 1.81. The van der Waals surface area contributed by atoms with Crippen molar-refractivity contribution in [2.45, 2.75) is 26.7 Å². The van der Waals surface area contributed by atoms with Crippen LogP contribution < -0.4 is 4.90 Å². The maximum absolute atomic E-state index is 12.4. The largest absolute Gasteiger partial charge is 0.445 e. The quantitative estimate of drug-likeness (QED) is 0.829. The van der Waals surface area contributed by atoms with Gasteiger partial charge in [-0.15, -0.1) is 0 Å². The molecule has 0 radical (unpaired) electrons. The van der Waals surface area contributed by atoms with Crippen molar-refractivity contribution in [3.63, 3.8) is 0 Å². The summed E-state index contributed by atoms with van der Waals surface area (Å²) in [5.74, 6) is 1.36. The van der Waals surface area contributed by atoms with E-state index in [0.29, 0.717) is 11.7 Å². The molecule has 1 aromatic heterocycles. The van der Waals surface area contributed by atoms with E-state index in [0.717, 1.165) is 24.3 Å². The molecule has 1 aromatic carbocycles. The van der Waals surface area contributed by atoms with Crippen LogP contribution in [0.4, 0.5) is 5.69 Å². The van der Waals surface area contributed by atoms with Gasteiger partial charge in [-0.2, -0.15) is 0 Å². The number of anilines is 1. The van der Waals surface area contributed by atoms with Gasteiger partial charge in [-0.3, -0.25) is 4.79 Å². The molecule has 98 valence electrons. The van der Waals surface area contributed by atoms with E-state index in [-0.39, 0.29) is 12.3 Å². The highest BCUT2D eigenvalue weighted by Gasteiger charge is 2.25. The third-order valence-corrected chi connectivity index (χ3v) is 3.50. The van der Waals surface area contributed by atoms with Crippen molar-refractivity contribution < 1.29 is 9.21 Å². The fourth-order valence-electron chi connectivity index (χ4n) is 2.57. The molecule has 0 saturated carbocycles. The topological polar surface area (TPSA) is 46.3 Å². The Hall–Kier alpha value is -2.10. The molecular formula is C15H16N2O2. The van der Waals surface area contributed by atoms with E-state index in [2.05, 4.69) is 11.1 Å². The van der Waals surface area contributed by atoms with E-state index in [9.17, 15) is 4.79 Å². The zero-order chi connectivity index (χ0) is 13.4. The molecule has 2 aromatic rings. The lowest BCUT2D eigenvalue weighted by molar-refractivity contribution is -0.118. The van der Waals surface area contributed by atoms with Crippen molar-refractivity contribution >= 4 is 11.6 Å². The maximum atomic E-state index is 12.4. The first-order chi connectivity index (χ1) is 9.15. The van der Waals surface area contributed by atoms with Crippen LogP contribution in [0.1, 0.15) is 22.9 Å². The van der Waals surface area contributed by atoms with Crippen molar-refractivity contribution in [1.29, 1.82) is 0 Å². The lowest BCUT2D eigenvalue weighted by Crippen LogP contribution is -2.30. The first kappa shape index (κ1) is 12.0. The van der Waals surface area contributed by atoms with Crippen molar-refractivity contribution in [3.8, 4) is 0 Å². The number of oxazole rings is 1. The standard InChI is InChI=1S/C15H16N2O2/c1-10-14(19-11(2)16-10)9-15(18)17-8-7-12-5-3-4-6-13(12)17/h3-6H,7-9H2,1-2H3. The van der Waals surface area contributed by atoms with Gasteiger partial charge in [-0.1, -0.05) is 18.2 Å². The predicted octanol–water partition coefficient (Wildman–Crippen LogP) is 2.42. The summed E-state index contributed by atoms with van der Waals surface area (Å²) in [4.78, 5) is 18.4. The Morgan fingerprint density at radius 2 is 2.16 bits per heavy atom. The first-order valence-corrected chi connectivity index (χ1v) is 6.46. The average Bonchev–Trinajstić information content (AvgIpc) is 2.93. The number of nitrogens with zero attached hydrogens (tertiary/aromatic N) is 2. The molecule has 0 bridgehead atoms. The monoisotopic (exact) mass is 256 g/mol. The summed E-state index contributed by atoms with van der Waals surface area (Å²) in [6.07, 6.45) is 1.21. The second kappa shape index (κ2) is 4.53. The van der Waals surface area contributed by atoms with Crippen molar-refractivity contribution in [2.75, 3.05) is 11.4 Å². The molecule has 0 spiro atoms. The normalized spacial score (nSPS) is 13.7. The van der Waals surface area contributed by atoms with Crippen LogP contribution in [0, 0.1) is 13.8 Å². The number of aryl methyl sites for hydroxylation is 2. The summed E-state index contributed by atoms with van der Waals surface area (Å²) in [6.45, 7) is 4.42. The molecule has 3 rings (SSSR count). The highest BCUT2D eigenvalue weighted by molar-refractivity contribution is 5.96. The summed E-state index contributed by atoms with van der Waals surface area (Å²) >= 11 is 0. The molecule has 0 fully saturated rings. The smallest absolute Gasteiger partial charge is 0.234 e. The van der Waals surface area contributed by atoms with E-state index in [1.165, 1.54) is 5.56 Å². The number of benzene rings is 1. The van der Waals surface area contributed by atoms with Gasteiger partial charge in [0.2, 0.25) is 5.91 Å². The number of aromatic nitrogens is 1. The number of para-hydroxylation sites is 1. The van der Waals surface area contributed by atoms with E-state index >= 15 is 0 Å². The van der Waals surface area contributed by atoms with E-state index in [1.54, 1.807) is 6.92 Å². The third kappa shape index (κ3) is 2.14. The van der Waals surface area contributed by atoms with Gasteiger partial charge < -0.3 is 9.32 Å². The number of fused-ring (bicyclic) bond motifs is 1. The SMILES string of the molecule is Cc1nc(C)c(CC(=O)N2CCc3ccccc32)o1. The Kier molecular flexibility index (Phi) is 2.85. The number of hydrogen-bond acceptors (Lipinski definition) is 3. The molecular weight excluding hydrogens is 240 g/mol. The zero-order valence-corrected chi connectivity index (χ0v) is 11.1. The van der Waals surface area contributed by atoms with Gasteiger partial charge in [0.25, 0.3) is 0 Å². The van der Waals surface area contributed by atoms with Gasteiger partial charge in [-0.05, 0) is 25.0 Å². The lowest BCUT2D eigenvalue weighted by Gasteiger charge is -2.16. The molecule has 0 aliphatic carbocycles. The van der Waals surface area contributed by atoms with Gasteiger partial charge in [-0.25, -0.2) is 4.98 Å². The van der Waals surface area contributed by atoms with Crippen LogP contribution >= 0.6 is 0 Å².